The van der Waals surface area contributed by atoms with Crippen LogP contribution in [-0.2, 0) is 9.59 Å². The summed E-state index contributed by atoms with van der Waals surface area (Å²) in [5, 5.41) is 2.99. The molecule has 4 nitrogen and oxygen atoms in total. The molecule has 0 aromatic heterocycles. The van der Waals surface area contributed by atoms with Gasteiger partial charge >= 0.3 is 0 Å². The van der Waals surface area contributed by atoms with Gasteiger partial charge in [-0.15, -0.1) is 0 Å². The third kappa shape index (κ3) is 4.51. The van der Waals surface area contributed by atoms with Crippen LogP contribution in [-0.4, -0.2) is 18.4 Å². The lowest BCUT2D eigenvalue weighted by Gasteiger charge is -2.25. The SMILES string of the molecule is CC(=O)N(CCC(=O)Nc1c(C)cccc1C)c1c(C)cc(C)cc1C. The molecule has 2 aromatic carbocycles. The molecule has 2 rings (SSSR count). The largest absolute Gasteiger partial charge is 0.326 e. The normalized spacial score (nSPS) is 10.5. The number of anilines is 2. The van der Waals surface area contributed by atoms with Crippen molar-refractivity contribution in [2.45, 2.75) is 48.0 Å². The van der Waals surface area contributed by atoms with Gasteiger partial charge in [-0.1, -0.05) is 35.9 Å². The predicted molar refractivity (Wildman–Crippen MR) is 108 cm³/mol. The van der Waals surface area contributed by atoms with Crippen LogP contribution < -0.4 is 10.2 Å². The van der Waals surface area contributed by atoms with E-state index in [0.29, 0.717) is 6.54 Å². The lowest BCUT2D eigenvalue weighted by atomic mass is 10.0. The fourth-order valence-corrected chi connectivity index (χ4v) is 3.45. The van der Waals surface area contributed by atoms with E-state index in [2.05, 4.69) is 17.4 Å². The maximum absolute atomic E-state index is 12.5. The summed E-state index contributed by atoms with van der Waals surface area (Å²) in [5.74, 6) is -0.143. The van der Waals surface area contributed by atoms with Gasteiger partial charge in [-0.3, -0.25) is 9.59 Å². The molecule has 0 aliphatic carbocycles. The monoisotopic (exact) mass is 352 g/mol. The van der Waals surface area contributed by atoms with Gasteiger partial charge in [-0.25, -0.2) is 0 Å². The molecule has 0 fully saturated rings. The third-order valence-electron chi connectivity index (χ3n) is 4.59. The maximum Gasteiger partial charge on any atom is 0.226 e. The zero-order chi connectivity index (χ0) is 19.4. The minimum atomic E-state index is -0.0870. The van der Waals surface area contributed by atoms with Gasteiger partial charge in [0.25, 0.3) is 0 Å². The average molecular weight is 352 g/mol. The smallest absolute Gasteiger partial charge is 0.226 e. The summed E-state index contributed by atoms with van der Waals surface area (Å²) in [4.78, 5) is 26.4. The highest BCUT2D eigenvalue weighted by molar-refractivity contribution is 5.96. The molecule has 0 aliphatic heterocycles. The van der Waals surface area contributed by atoms with Crippen LogP contribution in [0, 0.1) is 34.6 Å². The van der Waals surface area contributed by atoms with E-state index in [9.17, 15) is 9.59 Å². The van der Waals surface area contributed by atoms with Crippen molar-refractivity contribution >= 4 is 23.2 Å². The molecule has 0 atom stereocenters. The Hall–Kier alpha value is -2.62. The highest BCUT2D eigenvalue weighted by Crippen LogP contribution is 2.27. The van der Waals surface area contributed by atoms with Crippen molar-refractivity contribution in [2.75, 3.05) is 16.8 Å². The molecule has 0 radical (unpaired) electrons. The Morgan fingerprint density at radius 3 is 1.96 bits per heavy atom. The van der Waals surface area contributed by atoms with E-state index in [0.717, 1.165) is 33.6 Å². The third-order valence-corrected chi connectivity index (χ3v) is 4.59. The van der Waals surface area contributed by atoms with Gasteiger partial charge in [0.2, 0.25) is 11.8 Å². The van der Waals surface area contributed by atoms with Crippen LogP contribution >= 0.6 is 0 Å². The Morgan fingerprint density at radius 2 is 1.46 bits per heavy atom. The van der Waals surface area contributed by atoms with Crippen molar-refractivity contribution < 1.29 is 9.59 Å². The Balaban J connectivity index is 2.15. The van der Waals surface area contributed by atoms with Crippen LogP contribution in [0.25, 0.3) is 0 Å². The van der Waals surface area contributed by atoms with Crippen molar-refractivity contribution in [1.82, 2.24) is 0 Å². The van der Waals surface area contributed by atoms with E-state index in [1.165, 1.54) is 5.56 Å². The van der Waals surface area contributed by atoms with Gasteiger partial charge in [-0.2, -0.15) is 0 Å². The molecular weight excluding hydrogens is 324 g/mol. The summed E-state index contributed by atoms with van der Waals surface area (Å²) in [6, 6.07) is 10.1. The molecule has 1 N–H and O–H groups in total. The number of para-hydroxylation sites is 1. The molecule has 0 saturated carbocycles. The molecule has 0 bridgehead atoms. The molecule has 0 aliphatic rings. The zero-order valence-corrected chi connectivity index (χ0v) is 16.6. The molecule has 2 amide bonds. The van der Waals surface area contributed by atoms with Crippen molar-refractivity contribution in [3.63, 3.8) is 0 Å². The van der Waals surface area contributed by atoms with E-state index in [4.69, 9.17) is 0 Å². The number of carbonyl (C=O) groups excluding carboxylic acids is 2. The highest BCUT2D eigenvalue weighted by Gasteiger charge is 2.18. The number of hydrogen-bond acceptors (Lipinski definition) is 2. The summed E-state index contributed by atoms with van der Waals surface area (Å²) < 4.78 is 0. The van der Waals surface area contributed by atoms with Crippen molar-refractivity contribution in [2.24, 2.45) is 0 Å². The Labute approximate surface area is 156 Å². The Bertz CT molecular complexity index is 797. The maximum atomic E-state index is 12.5. The van der Waals surface area contributed by atoms with Crippen LogP contribution in [0.1, 0.15) is 41.2 Å². The molecule has 4 heteroatoms. The van der Waals surface area contributed by atoms with E-state index in [1.54, 1.807) is 11.8 Å². The number of carbonyl (C=O) groups is 2. The molecule has 138 valence electrons. The lowest BCUT2D eigenvalue weighted by Crippen LogP contribution is -2.33. The Kier molecular flexibility index (Phi) is 6.19. The topological polar surface area (TPSA) is 49.4 Å². The van der Waals surface area contributed by atoms with Crippen LogP contribution in [0.15, 0.2) is 30.3 Å². The number of rotatable bonds is 5. The van der Waals surface area contributed by atoms with Gasteiger partial charge in [0.15, 0.2) is 0 Å². The second-order valence-corrected chi connectivity index (χ2v) is 6.98. The van der Waals surface area contributed by atoms with Gasteiger partial charge in [0, 0.05) is 31.3 Å². The fraction of sp³-hybridized carbons (Fsp3) is 0.364. The number of aryl methyl sites for hydroxylation is 5. The minimum absolute atomic E-state index is 0.0556. The zero-order valence-electron chi connectivity index (χ0n) is 16.6. The quantitative estimate of drug-likeness (QED) is 0.854. The minimum Gasteiger partial charge on any atom is -0.326 e. The van der Waals surface area contributed by atoms with Gasteiger partial charge in [0.05, 0.1) is 0 Å². The second kappa shape index (κ2) is 8.17. The summed E-state index contributed by atoms with van der Waals surface area (Å²) in [7, 11) is 0. The first-order valence-electron chi connectivity index (χ1n) is 8.92. The van der Waals surface area contributed by atoms with E-state index >= 15 is 0 Å². The molecule has 26 heavy (non-hydrogen) atoms. The van der Waals surface area contributed by atoms with Crippen LogP contribution in [0.4, 0.5) is 11.4 Å². The first-order chi connectivity index (χ1) is 12.2. The van der Waals surface area contributed by atoms with E-state index in [-0.39, 0.29) is 18.2 Å². The highest BCUT2D eigenvalue weighted by atomic mass is 16.2. The lowest BCUT2D eigenvalue weighted by molar-refractivity contribution is -0.117. The van der Waals surface area contributed by atoms with Crippen LogP contribution in [0.5, 0.6) is 0 Å². The van der Waals surface area contributed by atoms with Crippen LogP contribution in [0.3, 0.4) is 0 Å². The van der Waals surface area contributed by atoms with Crippen molar-refractivity contribution in [3.8, 4) is 0 Å². The van der Waals surface area contributed by atoms with Gasteiger partial charge in [-0.05, 0) is 56.9 Å². The molecule has 0 heterocycles. The van der Waals surface area contributed by atoms with Crippen molar-refractivity contribution in [1.29, 1.82) is 0 Å². The first-order valence-corrected chi connectivity index (χ1v) is 8.92. The standard InChI is InChI=1S/C22H28N2O2/c1-14-12-17(4)22(18(5)13-14)24(19(6)25)11-10-20(26)23-21-15(2)8-7-9-16(21)3/h7-9,12-13H,10-11H2,1-6H3,(H,23,26). The number of nitrogens with one attached hydrogen (secondary N) is 1. The van der Waals surface area contributed by atoms with Crippen LogP contribution in [0.2, 0.25) is 0 Å². The van der Waals surface area contributed by atoms with Crippen molar-refractivity contribution in [3.05, 3.63) is 58.1 Å². The number of benzene rings is 2. The molecule has 0 spiro atoms. The van der Waals surface area contributed by atoms with Gasteiger partial charge < -0.3 is 10.2 Å². The number of amides is 2. The number of hydrogen-bond donors (Lipinski definition) is 1. The molecule has 2 aromatic rings. The summed E-state index contributed by atoms with van der Waals surface area (Å²) in [5.41, 5.74) is 7.09. The fourth-order valence-electron chi connectivity index (χ4n) is 3.45. The molecule has 0 unspecified atom stereocenters. The van der Waals surface area contributed by atoms with E-state index < -0.39 is 0 Å². The van der Waals surface area contributed by atoms with Gasteiger partial charge in [0.1, 0.15) is 0 Å². The second-order valence-electron chi connectivity index (χ2n) is 6.98. The first kappa shape index (κ1) is 19.7. The predicted octanol–water partition coefficient (Wildman–Crippen LogP) is 4.61. The summed E-state index contributed by atoms with van der Waals surface area (Å²) >= 11 is 0. The Morgan fingerprint density at radius 1 is 0.923 bits per heavy atom. The summed E-state index contributed by atoms with van der Waals surface area (Å²) in [6.45, 7) is 11.9. The summed E-state index contributed by atoms with van der Waals surface area (Å²) in [6.07, 6.45) is 0.250. The molecule has 0 saturated heterocycles. The van der Waals surface area contributed by atoms with E-state index in [1.807, 2.05) is 52.8 Å². The number of nitrogens with zero attached hydrogens (tertiary/aromatic N) is 1. The molecular formula is C22H28N2O2. The average Bonchev–Trinajstić information content (AvgIpc) is 2.53.